The lowest BCUT2D eigenvalue weighted by atomic mass is 10.1. The summed E-state index contributed by atoms with van der Waals surface area (Å²) in [5.74, 6) is 0. The van der Waals surface area contributed by atoms with Gasteiger partial charge in [0, 0.05) is 24.3 Å². The fraction of sp³-hybridized carbons (Fsp3) is 0.647. The number of hydrogen-bond acceptors (Lipinski definition) is 2. The van der Waals surface area contributed by atoms with E-state index >= 15 is 0 Å². The van der Waals surface area contributed by atoms with Gasteiger partial charge in [-0.2, -0.15) is 0 Å². The van der Waals surface area contributed by atoms with E-state index in [9.17, 15) is 0 Å². The molecule has 2 aliphatic rings. The maximum Gasteiger partial charge on any atom is 0.0345 e. The van der Waals surface area contributed by atoms with Crippen molar-refractivity contribution in [3.63, 3.8) is 0 Å². The van der Waals surface area contributed by atoms with Gasteiger partial charge in [0.2, 0.25) is 0 Å². The van der Waals surface area contributed by atoms with E-state index in [1.54, 1.807) is 0 Å². The number of hydrogen-bond donors (Lipinski definition) is 2. The van der Waals surface area contributed by atoms with Crippen LogP contribution in [-0.4, -0.2) is 12.1 Å². The van der Waals surface area contributed by atoms with Crippen molar-refractivity contribution in [2.45, 2.75) is 70.0 Å². The van der Waals surface area contributed by atoms with Crippen LogP contribution in [0.4, 0.5) is 5.69 Å². The molecule has 1 aromatic rings. The molecule has 0 aliphatic heterocycles. The normalized spacial score (nSPS) is 21.1. The first kappa shape index (κ1) is 13.0. The van der Waals surface area contributed by atoms with Gasteiger partial charge in [0.1, 0.15) is 0 Å². The number of nitrogens with one attached hydrogen (secondary N) is 2. The molecular formula is C17H26N2. The van der Waals surface area contributed by atoms with Crippen molar-refractivity contribution in [3.8, 4) is 0 Å². The zero-order valence-corrected chi connectivity index (χ0v) is 11.8. The molecule has 0 bridgehead atoms. The number of rotatable bonds is 5. The summed E-state index contributed by atoms with van der Waals surface area (Å²) in [5.41, 5.74) is 2.72. The standard InChI is InChI=1S/C17H26N2/c1-2-4-8-16(7-3-1)19-17-9-5-6-14(12-17)13-18-15-10-11-15/h5-6,9,12,15-16,18-19H,1-4,7-8,10-11,13H2. The van der Waals surface area contributed by atoms with Crippen LogP contribution in [-0.2, 0) is 6.54 Å². The molecule has 0 aromatic heterocycles. The van der Waals surface area contributed by atoms with E-state index in [-0.39, 0.29) is 0 Å². The van der Waals surface area contributed by atoms with Crippen molar-refractivity contribution in [1.29, 1.82) is 0 Å². The van der Waals surface area contributed by atoms with E-state index in [0.717, 1.165) is 12.6 Å². The van der Waals surface area contributed by atoms with Crippen LogP contribution in [0, 0.1) is 0 Å². The smallest absolute Gasteiger partial charge is 0.0345 e. The highest BCUT2D eigenvalue weighted by molar-refractivity contribution is 5.46. The Kier molecular flexibility index (Phi) is 4.39. The summed E-state index contributed by atoms with van der Waals surface area (Å²) in [6.45, 7) is 1.02. The van der Waals surface area contributed by atoms with Crippen molar-refractivity contribution in [3.05, 3.63) is 29.8 Å². The summed E-state index contributed by atoms with van der Waals surface area (Å²) < 4.78 is 0. The van der Waals surface area contributed by atoms with Gasteiger partial charge in [0.15, 0.2) is 0 Å². The molecule has 2 nitrogen and oxygen atoms in total. The quantitative estimate of drug-likeness (QED) is 0.778. The average Bonchev–Trinajstić information content (AvgIpc) is 3.25. The lowest BCUT2D eigenvalue weighted by Gasteiger charge is -2.18. The molecule has 2 fully saturated rings. The van der Waals surface area contributed by atoms with Gasteiger partial charge in [0.25, 0.3) is 0 Å². The summed E-state index contributed by atoms with van der Waals surface area (Å²) >= 11 is 0. The SMILES string of the molecule is c1cc(CNC2CC2)cc(NC2CCCCCC2)c1. The second kappa shape index (κ2) is 6.42. The molecule has 2 N–H and O–H groups in total. The van der Waals surface area contributed by atoms with Crippen molar-refractivity contribution >= 4 is 5.69 Å². The van der Waals surface area contributed by atoms with Gasteiger partial charge in [0.05, 0.1) is 0 Å². The molecule has 0 spiro atoms. The molecule has 0 saturated heterocycles. The Labute approximate surface area is 117 Å². The number of benzene rings is 1. The summed E-state index contributed by atoms with van der Waals surface area (Å²) in [5, 5.41) is 7.32. The maximum absolute atomic E-state index is 3.74. The van der Waals surface area contributed by atoms with Crippen molar-refractivity contribution in [2.24, 2.45) is 0 Å². The van der Waals surface area contributed by atoms with E-state index in [1.807, 2.05) is 0 Å². The Morgan fingerprint density at radius 3 is 2.42 bits per heavy atom. The van der Waals surface area contributed by atoms with Crippen LogP contribution in [0.2, 0.25) is 0 Å². The highest BCUT2D eigenvalue weighted by Crippen LogP contribution is 2.22. The molecule has 19 heavy (non-hydrogen) atoms. The molecule has 1 aromatic carbocycles. The fourth-order valence-corrected chi connectivity index (χ4v) is 2.98. The molecule has 104 valence electrons. The van der Waals surface area contributed by atoms with Gasteiger partial charge in [-0.25, -0.2) is 0 Å². The minimum atomic E-state index is 0.689. The predicted molar refractivity (Wildman–Crippen MR) is 81.4 cm³/mol. The third-order valence-electron chi connectivity index (χ3n) is 4.33. The van der Waals surface area contributed by atoms with Crippen LogP contribution in [0.15, 0.2) is 24.3 Å². The van der Waals surface area contributed by atoms with Crippen LogP contribution >= 0.6 is 0 Å². The van der Waals surface area contributed by atoms with Crippen LogP contribution in [0.1, 0.15) is 56.9 Å². The minimum absolute atomic E-state index is 0.689. The Balaban J connectivity index is 1.54. The number of anilines is 1. The van der Waals surface area contributed by atoms with Crippen molar-refractivity contribution in [1.82, 2.24) is 5.32 Å². The second-order valence-electron chi connectivity index (χ2n) is 6.19. The van der Waals surface area contributed by atoms with Gasteiger partial charge in [-0.3, -0.25) is 0 Å². The first-order valence-corrected chi connectivity index (χ1v) is 7.99. The van der Waals surface area contributed by atoms with Gasteiger partial charge < -0.3 is 10.6 Å². The monoisotopic (exact) mass is 258 g/mol. The molecule has 3 rings (SSSR count). The molecule has 0 heterocycles. The summed E-state index contributed by atoms with van der Waals surface area (Å²) in [6, 6.07) is 10.4. The molecule has 0 atom stereocenters. The van der Waals surface area contributed by atoms with Crippen molar-refractivity contribution < 1.29 is 0 Å². The highest BCUT2D eigenvalue weighted by Gasteiger charge is 2.20. The molecule has 0 unspecified atom stereocenters. The van der Waals surface area contributed by atoms with Crippen LogP contribution in [0.25, 0.3) is 0 Å². The summed E-state index contributed by atoms with van der Waals surface area (Å²) in [4.78, 5) is 0. The Bertz CT molecular complexity index is 390. The van der Waals surface area contributed by atoms with E-state index in [4.69, 9.17) is 0 Å². The highest BCUT2D eigenvalue weighted by atomic mass is 14.9. The fourth-order valence-electron chi connectivity index (χ4n) is 2.98. The molecule has 2 aliphatic carbocycles. The molecule has 2 heteroatoms. The maximum atomic E-state index is 3.74. The summed E-state index contributed by atoms with van der Waals surface area (Å²) in [6.07, 6.45) is 11.0. The van der Waals surface area contributed by atoms with E-state index in [2.05, 4.69) is 34.9 Å². The molecular weight excluding hydrogens is 232 g/mol. The largest absolute Gasteiger partial charge is 0.382 e. The average molecular weight is 258 g/mol. The van der Waals surface area contributed by atoms with Gasteiger partial charge in [-0.15, -0.1) is 0 Å². The third-order valence-corrected chi connectivity index (χ3v) is 4.33. The second-order valence-corrected chi connectivity index (χ2v) is 6.19. The summed E-state index contributed by atoms with van der Waals surface area (Å²) in [7, 11) is 0. The van der Waals surface area contributed by atoms with Crippen molar-refractivity contribution in [2.75, 3.05) is 5.32 Å². The van der Waals surface area contributed by atoms with E-state index in [1.165, 1.54) is 62.6 Å². The van der Waals surface area contributed by atoms with Gasteiger partial charge in [-0.1, -0.05) is 37.8 Å². The Hall–Kier alpha value is -1.02. The lowest BCUT2D eigenvalue weighted by molar-refractivity contribution is 0.619. The first-order chi connectivity index (χ1) is 9.40. The van der Waals surface area contributed by atoms with Crippen LogP contribution < -0.4 is 10.6 Å². The molecule has 0 radical (unpaired) electrons. The van der Waals surface area contributed by atoms with E-state index in [0.29, 0.717) is 6.04 Å². The predicted octanol–water partition coefficient (Wildman–Crippen LogP) is 4.07. The lowest BCUT2D eigenvalue weighted by Crippen LogP contribution is -2.19. The first-order valence-electron chi connectivity index (χ1n) is 7.99. The zero-order chi connectivity index (χ0) is 12.9. The van der Waals surface area contributed by atoms with Gasteiger partial charge in [-0.05, 0) is 43.4 Å². The Morgan fingerprint density at radius 2 is 1.68 bits per heavy atom. The minimum Gasteiger partial charge on any atom is -0.382 e. The van der Waals surface area contributed by atoms with Gasteiger partial charge >= 0.3 is 0 Å². The topological polar surface area (TPSA) is 24.1 Å². The van der Waals surface area contributed by atoms with Crippen LogP contribution in [0.3, 0.4) is 0 Å². The van der Waals surface area contributed by atoms with E-state index < -0.39 is 0 Å². The Morgan fingerprint density at radius 1 is 0.895 bits per heavy atom. The molecule has 0 amide bonds. The molecule has 2 saturated carbocycles. The van der Waals surface area contributed by atoms with Crippen LogP contribution in [0.5, 0.6) is 0 Å². The zero-order valence-electron chi connectivity index (χ0n) is 11.8. The third kappa shape index (κ3) is 4.24.